The number of nitrogens with zero attached hydrogens (tertiary/aromatic N) is 4. The highest BCUT2D eigenvalue weighted by Gasteiger charge is 2.53. The number of alkyl carbamates (subject to hydrolysis) is 1. The summed E-state index contributed by atoms with van der Waals surface area (Å²) in [5.41, 5.74) is 18.0. The van der Waals surface area contributed by atoms with Crippen LogP contribution in [-0.2, 0) is 58.9 Å². The van der Waals surface area contributed by atoms with Crippen molar-refractivity contribution in [2.75, 3.05) is 27.9 Å². The van der Waals surface area contributed by atoms with Crippen molar-refractivity contribution in [1.29, 1.82) is 0 Å². The van der Waals surface area contributed by atoms with Gasteiger partial charge in [0.25, 0.3) is 11.7 Å². The van der Waals surface area contributed by atoms with Gasteiger partial charge in [0.2, 0.25) is 5.79 Å². The first-order valence-corrected chi connectivity index (χ1v) is 27.5. The molecule has 0 spiro atoms. The van der Waals surface area contributed by atoms with Crippen LogP contribution in [0.1, 0.15) is 124 Å². The molecule has 15 atom stereocenters. The van der Waals surface area contributed by atoms with E-state index in [1.165, 1.54) is 14.2 Å². The maximum atomic E-state index is 14.6. The SMILES string of the molecule is CO[C@H]1C[C@@H]2CC[C@@H](C)[C@@](O)(O2)C(=O)C(=O)N2CCCC[C@H]2C(=O)O[C@H]([C@H](N)C[C@@H]2CC[C@@H](OC(=O)NCc3ccc(N=[N+]=[N-])cc3)[C@H](OC)C2)CC(=O)[C@H](C)/C=C(\C)[C@@H](O)[C@@H](OC)C(=O)[C@H](C)C[C@H](C)/C=C/C=CC=C1C. The van der Waals surface area contributed by atoms with Crippen LogP contribution in [0.15, 0.2) is 77.0 Å². The van der Waals surface area contributed by atoms with Crippen LogP contribution >= 0.6 is 0 Å². The number of piperidine rings is 1. The van der Waals surface area contributed by atoms with Crippen molar-refractivity contribution in [3.8, 4) is 0 Å². The van der Waals surface area contributed by atoms with Gasteiger partial charge in [-0.2, -0.15) is 0 Å². The van der Waals surface area contributed by atoms with E-state index in [1.54, 1.807) is 65.1 Å². The van der Waals surface area contributed by atoms with Gasteiger partial charge in [-0.3, -0.25) is 19.2 Å². The van der Waals surface area contributed by atoms with Gasteiger partial charge in [-0.1, -0.05) is 93.5 Å². The van der Waals surface area contributed by atoms with Crippen LogP contribution in [0, 0.1) is 29.6 Å². The van der Waals surface area contributed by atoms with Crippen LogP contribution in [0.3, 0.4) is 0 Å². The number of aliphatic hydroxyl groups is 2. The summed E-state index contributed by atoms with van der Waals surface area (Å²) < 4.78 is 35.4. The lowest BCUT2D eigenvalue weighted by Crippen LogP contribution is -2.61. The third-order valence-electron chi connectivity index (χ3n) is 16.0. The molecule has 0 aromatic heterocycles. The number of hydrogen-bond acceptors (Lipinski definition) is 16. The molecule has 2 amide bonds. The Balaban J connectivity index is 1.40. The molecule has 4 aliphatic rings. The second-order valence-electron chi connectivity index (χ2n) is 21.9. The fourth-order valence-corrected chi connectivity index (χ4v) is 11.1. The molecule has 430 valence electrons. The molecule has 3 fully saturated rings. The number of aliphatic hydroxyl groups excluding tert-OH is 1. The highest BCUT2D eigenvalue weighted by Crippen LogP contribution is 2.37. The summed E-state index contributed by atoms with van der Waals surface area (Å²) in [5, 5.41) is 29.9. The number of methoxy groups -OCH3 is 3. The molecule has 1 aromatic rings. The van der Waals surface area contributed by atoms with Gasteiger partial charge in [0.15, 0.2) is 5.78 Å². The second-order valence-corrected chi connectivity index (χ2v) is 21.9. The number of amides is 2. The minimum absolute atomic E-state index is 0.0162. The molecule has 20 heteroatoms. The number of allylic oxidation sites excluding steroid dienone is 6. The van der Waals surface area contributed by atoms with E-state index in [0.29, 0.717) is 62.6 Å². The highest BCUT2D eigenvalue weighted by atomic mass is 16.6. The molecule has 20 nitrogen and oxygen atoms in total. The van der Waals surface area contributed by atoms with E-state index in [-0.39, 0.29) is 62.2 Å². The fraction of sp³-hybridized carbons (Fsp3) is 0.655. The largest absolute Gasteiger partial charge is 0.459 e. The summed E-state index contributed by atoms with van der Waals surface area (Å²) in [7, 11) is 4.43. The minimum Gasteiger partial charge on any atom is -0.459 e. The number of esters is 1. The normalized spacial score (nSPS) is 34.2. The first kappa shape index (κ1) is 63.3. The third kappa shape index (κ3) is 17.2. The van der Waals surface area contributed by atoms with E-state index in [4.69, 9.17) is 39.7 Å². The average molecular weight is 1090 g/mol. The van der Waals surface area contributed by atoms with Crippen molar-refractivity contribution in [3.05, 3.63) is 87.9 Å². The number of Topliss-reactive ketones (excluding diaryl/α,β-unsaturated/α-hetero) is 3. The number of nitrogens with two attached hydrogens (primary N) is 1. The molecule has 1 aliphatic carbocycles. The van der Waals surface area contributed by atoms with Gasteiger partial charge >= 0.3 is 12.1 Å². The van der Waals surface area contributed by atoms with E-state index in [1.807, 2.05) is 44.2 Å². The van der Waals surface area contributed by atoms with Crippen LogP contribution in [-0.4, -0.2) is 139 Å². The number of carbonyl (C=O) groups excluding carboxylic acids is 6. The Morgan fingerprint density at radius 2 is 1.64 bits per heavy atom. The van der Waals surface area contributed by atoms with E-state index in [9.17, 15) is 39.0 Å². The summed E-state index contributed by atoms with van der Waals surface area (Å²) in [6, 6.07) is 4.53. The molecular weight excluding hydrogens is 1000 g/mol. The highest BCUT2D eigenvalue weighted by molar-refractivity contribution is 6.39. The number of cyclic esters (lactones) is 1. The van der Waals surface area contributed by atoms with Crippen LogP contribution in [0.2, 0.25) is 0 Å². The minimum atomic E-state index is -2.49. The quantitative estimate of drug-likeness (QED) is 0.0435. The molecule has 3 aliphatic heterocycles. The number of benzene rings is 1. The standard InChI is InChI=1S/C58H84N6O14/c1-34-15-11-10-12-16-35(2)48(73-7)31-43-24-18-39(6)58(72,78-43)54(68)55(69)64-26-14-13-17-45(64)56(70)76-49(32-46(65)36(3)28-38(5)52(67)53(75-9)51(66)37(4)27-34)44(59)29-41-21-25-47(50(30-41)74-8)77-57(71)61-33-40-19-22-42(23-20-40)62-63-60/h10-12,15-16,19-20,22-23,28,34,36-37,39,41,43-45,47-50,52-53,67,72H,13-14,17-18,21,24-27,29-33,59H2,1-9H3,(H,61,71)/b12-10?,15-11+,35-16?,38-28+/t34-,36-,37-,39-,41+,43+,44-,45+,47-,48+,49+,50-,52-,53+,58-/m1/s1. The summed E-state index contributed by atoms with van der Waals surface area (Å²) in [6.45, 7) is 10.7. The molecule has 3 heterocycles. The van der Waals surface area contributed by atoms with Gasteiger partial charge in [0.05, 0.1) is 18.3 Å². The first-order chi connectivity index (χ1) is 37.1. The zero-order valence-corrected chi connectivity index (χ0v) is 46.9. The van der Waals surface area contributed by atoms with E-state index in [2.05, 4.69) is 15.3 Å². The molecular formula is C58H84N6O14. The number of fused-ring (bicyclic) bond motifs is 3. The monoisotopic (exact) mass is 1090 g/mol. The number of carbonyl (C=O) groups is 6. The van der Waals surface area contributed by atoms with E-state index >= 15 is 0 Å². The molecule has 0 unspecified atom stereocenters. The first-order valence-electron chi connectivity index (χ1n) is 27.5. The predicted octanol–water partition coefficient (Wildman–Crippen LogP) is 7.75. The number of nitrogens with one attached hydrogen (secondary N) is 1. The van der Waals surface area contributed by atoms with Crippen LogP contribution in [0.5, 0.6) is 0 Å². The van der Waals surface area contributed by atoms with Gasteiger partial charge < -0.3 is 54.6 Å². The van der Waals surface area contributed by atoms with Gasteiger partial charge in [0, 0.05) is 81.7 Å². The van der Waals surface area contributed by atoms with Crippen molar-refractivity contribution < 1.29 is 67.4 Å². The van der Waals surface area contributed by atoms with Crippen molar-refractivity contribution in [2.24, 2.45) is 40.4 Å². The molecule has 2 saturated heterocycles. The number of azide groups is 1. The molecule has 5 rings (SSSR count). The van der Waals surface area contributed by atoms with Crippen molar-refractivity contribution in [1.82, 2.24) is 10.2 Å². The topological polar surface area (TPSA) is 288 Å². The third-order valence-corrected chi connectivity index (χ3v) is 16.0. The Morgan fingerprint density at radius 3 is 2.32 bits per heavy atom. The van der Waals surface area contributed by atoms with Gasteiger partial charge in [0.1, 0.15) is 36.2 Å². The maximum absolute atomic E-state index is 14.6. The van der Waals surface area contributed by atoms with Crippen LogP contribution in [0.4, 0.5) is 10.5 Å². The van der Waals surface area contributed by atoms with Gasteiger partial charge in [-0.15, -0.1) is 0 Å². The Kier molecular flexibility index (Phi) is 24.4. The fourth-order valence-electron chi connectivity index (χ4n) is 11.1. The summed E-state index contributed by atoms with van der Waals surface area (Å²) in [5.74, 6) is -8.56. The molecule has 5 N–H and O–H groups in total. The van der Waals surface area contributed by atoms with Crippen LogP contribution in [0.25, 0.3) is 10.4 Å². The van der Waals surface area contributed by atoms with Crippen molar-refractivity contribution in [2.45, 2.75) is 186 Å². The smallest absolute Gasteiger partial charge is 0.407 e. The maximum Gasteiger partial charge on any atom is 0.407 e. The number of rotatable bonds is 10. The molecule has 2 bridgehead atoms. The lowest BCUT2D eigenvalue weighted by Gasteiger charge is -2.42. The summed E-state index contributed by atoms with van der Waals surface area (Å²) in [6.07, 6.45) is 8.38. The summed E-state index contributed by atoms with van der Waals surface area (Å²) >= 11 is 0. The second kappa shape index (κ2) is 30.1. The average Bonchev–Trinajstić information content (AvgIpc) is 3.45. The Bertz CT molecular complexity index is 2400. The zero-order chi connectivity index (χ0) is 57.3. The van der Waals surface area contributed by atoms with E-state index < -0.39 is 102 Å². The number of hydrogen-bond donors (Lipinski definition) is 4. The lowest BCUT2D eigenvalue weighted by atomic mass is 9.80. The van der Waals surface area contributed by atoms with E-state index in [0.717, 1.165) is 16.0 Å². The Hall–Kier alpha value is -5.57. The van der Waals surface area contributed by atoms with Gasteiger partial charge in [-0.05, 0) is 112 Å². The zero-order valence-electron chi connectivity index (χ0n) is 46.9. The van der Waals surface area contributed by atoms with Crippen molar-refractivity contribution >= 4 is 41.0 Å². The predicted molar refractivity (Wildman–Crippen MR) is 290 cm³/mol. The van der Waals surface area contributed by atoms with Gasteiger partial charge in [-0.25, -0.2) is 9.59 Å². The van der Waals surface area contributed by atoms with Crippen LogP contribution < -0.4 is 11.1 Å². The molecule has 0 radical (unpaired) electrons. The lowest BCUT2D eigenvalue weighted by molar-refractivity contribution is -0.265. The number of ether oxygens (including phenoxy) is 6. The molecule has 1 aromatic carbocycles. The molecule has 1 saturated carbocycles. The Labute approximate surface area is 459 Å². The summed E-state index contributed by atoms with van der Waals surface area (Å²) in [4.78, 5) is 88.2. The molecule has 78 heavy (non-hydrogen) atoms. The number of ketones is 3. The Morgan fingerprint density at radius 1 is 0.910 bits per heavy atom. The van der Waals surface area contributed by atoms with Crippen molar-refractivity contribution in [3.63, 3.8) is 0 Å².